The summed E-state index contributed by atoms with van der Waals surface area (Å²) >= 11 is 0. The van der Waals surface area contributed by atoms with Crippen LogP contribution in [0.15, 0.2) is 11.8 Å². The maximum atomic E-state index is 12.9. The van der Waals surface area contributed by atoms with Crippen LogP contribution in [0, 0.1) is 34.5 Å². The van der Waals surface area contributed by atoms with Gasteiger partial charge in [0, 0.05) is 11.8 Å². The fourth-order valence-corrected chi connectivity index (χ4v) is 7.23. The summed E-state index contributed by atoms with van der Waals surface area (Å²) in [7, 11) is -3.12. The molecule has 33 heavy (non-hydrogen) atoms. The standard InChI is InChI=1S/C22H31F3O7S/c1-20-10-9-16-14(15(20)7-8-17(20)32-33(28,29)22(23,24)25)6-5-13(11-18(26)30-3)21(16,2)12-19(27)31-4/h8,13-16H,5-7,9-12H2,1-4H3. The molecule has 7 nitrogen and oxygen atoms in total. The predicted molar refractivity (Wildman–Crippen MR) is 111 cm³/mol. The third-order valence-corrected chi connectivity index (χ3v) is 9.42. The predicted octanol–water partition coefficient (Wildman–Crippen LogP) is 4.33. The molecule has 6 unspecified atom stereocenters. The van der Waals surface area contributed by atoms with Crippen molar-refractivity contribution in [1.29, 1.82) is 0 Å². The zero-order valence-electron chi connectivity index (χ0n) is 19.2. The highest BCUT2D eigenvalue weighted by atomic mass is 32.2. The van der Waals surface area contributed by atoms with E-state index in [1.807, 2.05) is 6.92 Å². The van der Waals surface area contributed by atoms with E-state index in [4.69, 9.17) is 9.47 Å². The number of rotatable bonds is 6. The third kappa shape index (κ3) is 4.49. The molecule has 0 aromatic heterocycles. The van der Waals surface area contributed by atoms with E-state index in [9.17, 15) is 31.2 Å². The molecular formula is C22H31F3O7S. The van der Waals surface area contributed by atoms with E-state index in [1.165, 1.54) is 20.3 Å². The SMILES string of the molecule is COC(=O)CC1CCC2C3CC=C(OS(=O)(=O)C(F)(F)F)C3(C)CCC2C1(C)CC(=O)OC. The number of fused-ring (bicyclic) bond motifs is 3. The average Bonchev–Trinajstić information content (AvgIpc) is 3.04. The summed E-state index contributed by atoms with van der Waals surface area (Å²) in [6, 6.07) is 0. The zero-order chi connectivity index (χ0) is 24.8. The molecule has 0 amide bonds. The lowest BCUT2D eigenvalue weighted by Gasteiger charge is -2.58. The first-order valence-corrected chi connectivity index (χ1v) is 12.5. The molecule has 3 aliphatic carbocycles. The van der Waals surface area contributed by atoms with Crippen molar-refractivity contribution in [2.24, 2.45) is 34.5 Å². The maximum Gasteiger partial charge on any atom is 0.534 e. The Morgan fingerprint density at radius 1 is 1.06 bits per heavy atom. The van der Waals surface area contributed by atoms with Gasteiger partial charge in [0.1, 0.15) is 5.76 Å². The Balaban J connectivity index is 1.88. The first-order valence-electron chi connectivity index (χ1n) is 11.0. The van der Waals surface area contributed by atoms with Gasteiger partial charge in [0.25, 0.3) is 0 Å². The van der Waals surface area contributed by atoms with Crippen LogP contribution in [0.25, 0.3) is 0 Å². The van der Waals surface area contributed by atoms with Crippen LogP contribution in [0.4, 0.5) is 13.2 Å². The van der Waals surface area contributed by atoms with E-state index in [-0.39, 0.29) is 54.2 Å². The molecule has 0 heterocycles. The van der Waals surface area contributed by atoms with Gasteiger partial charge in [0.15, 0.2) is 0 Å². The van der Waals surface area contributed by atoms with Gasteiger partial charge in [-0.05, 0) is 67.3 Å². The first kappa shape index (κ1) is 25.8. The highest BCUT2D eigenvalue weighted by Gasteiger charge is 2.60. The van der Waals surface area contributed by atoms with Crippen LogP contribution in [-0.4, -0.2) is 40.1 Å². The fraction of sp³-hybridized carbons (Fsp3) is 0.818. The van der Waals surface area contributed by atoms with Crippen molar-refractivity contribution in [1.82, 2.24) is 0 Å². The number of hydrogen-bond acceptors (Lipinski definition) is 7. The second-order valence-corrected chi connectivity index (χ2v) is 11.5. The molecule has 0 aromatic carbocycles. The zero-order valence-corrected chi connectivity index (χ0v) is 20.1. The summed E-state index contributed by atoms with van der Waals surface area (Å²) in [5.74, 6) is -1.05. The summed E-state index contributed by atoms with van der Waals surface area (Å²) < 4.78 is 76.5. The van der Waals surface area contributed by atoms with Gasteiger partial charge in [-0.2, -0.15) is 21.6 Å². The highest BCUT2D eigenvalue weighted by molar-refractivity contribution is 7.87. The monoisotopic (exact) mass is 496 g/mol. The minimum absolute atomic E-state index is 0.0186. The number of carbonyl (C=O) groups excluding carboxylic acids is 2. The van der Waals surface area contributed by atoms with Crippen LogP contribution in [0.1, 0.15) is 58.8 Å². The van der Waals surface area contributed by atoms with Crippen LogP contribution in [-0.2, 0) is 33.4 Å². The van der Waals surface area contributed by atoms with Gasteiger partial charge in [-0.1, -0.05) is 13.8 Å². The van der Waals surface area contributed by atoms with Gasteiger partial charge in [-0.15, -0.1) is 0 Å². The summed E-state index contributed by atoms with van der Waals surface area (Å²) in [5.41, 5.74) is -6.90. The van der Waals surface area contributed by atoms with E-state index in [2.05, 4.69) is 4.18 Å². The summed E-state index contributed by atoms with van der Waals surface area (Å²) in [4.78, 5) is 24.4. The van der Waals surface area contributed by atoms with Gasteiger partial charge in [0.05, 0.1) is 20.6 Å². The van der Waals surface area contributed by atoms with E-state index in [1.54, 1.807) is 6.92 Å². The minimum Gasteiger partial charge on any atom is -0.469 e. The highest BCUT2D eigenvalue weighted by Crippen LogP contribution is 2.65. The van der Waals surface area contributed by atoms with Crippen molar-refractivity contribution in [2.75, 3.05) is 14.2 Å². The van der Waals surface area contributed by atoms with Crippen LogP contribution in [0.3, 0.4) is 0 Å². The molecule has 3 aliphatic rings. The van der Waals surface area contributed by atoms with E-state index in [0.29, 0.717) is 25.7 Å². The maximum absolute atomic E-state index is 12.9. The van der Waals surface area contributed by atoms with E-state index >= 15 is 0 Å². The molecule has 0 bridgehead atoms. The Kier molecular flexibility index (Phi) is 6.87. The Bertz CT molecular complexity index is 929. The molecule has 0 aliphatic heterocycles. The molecule has 0 radical (unpaired) electrons. The first-order chi connectivity index (χ1) is 15.2. The Hall–Kier alpha value is -1.78. The Morgan fingerprint density at radius 3 is 2.27 bits per heavy atom. The number of alkyl halides is 3. The van der Waals surface area contributed by atoms with Crippen LogP contribution in [0.5, 0.6) is 0 Å². The topological polar surface area (TPSA) is 96.0 Å². The molecule has 2 saturated carbocycles. The van der Waals surface area contributed by atoms with E-state index < -0.39 is 26.5 Å². The average molecular weight is 497 g/mol. The Morgan fingerprint density at radius 2 is 1.70 bits per heavy atom. The number of allylic oxidation sites excluding steroid dienone is 2. The van der Waals surface area contributed by atoms with Gasteiger partial charge < -0.3 is 13.7 Å². The second-order valence-electron chi connectivity index (χ2n) is 9.93. The molecule has 2 fully saturated rings. The molecule has 0 N–H and O–H groups in total. The number of hydrogen-bond donors (Lipinski definition) is 0. The Labute approximate surface area is 192 Å². The largest absolute Gasteiger partial charge is 0.534 e. The van der Waals surface area contributed by atoms with Crippen LogP contribution >= 0.6 is 0 Å². The lowest BCUT2D eigenvalue weighted by Crippen LogP contribution is -2.52. The summed E-state index contributed by atoms with van der Waals surface area (Å²) in [6.07, 6.45) is 4.50. The van der Waals surface area contributed by atoms with Crippen molar-refractivity contribution in [3.05, 3.63) is 11.8 Å². The molecule has 0 aromatic rings. The van der Waals surface area contributed by atoms with Gasteiger partial charge >= 0.3 is 27.6 Å². The minimum atomic E-state index is -5.75. The number of carbonyl (C=O) groups is 2. The third-order valence-electron chi connectivity index (χ3n) is 8.45. The molecule has 188 valence electrons. The molecule has 6 atom stereocenters. The van der Waals surface area contributed by atoms with Crippen LogP contribution in [0.2, 0.25) is 0 Å². The van der Waals surface area contributed by atoms with Gasteiger partial charge in [-0.25, -0.2) is 0 Å². The summed E-state index contributed by atoms with van der Waals surface area (Å²) in [6.45, 7) is 3.74. The molecular weight excluding hydrogens is 465 g/mol. The molecule has 0 spiro atoms. The van der Waals surface area contributed by atoms with Crippen molar-refractivity contribution < 1.29 is 44.8 Å². The fourth-order valence-electron chi connectivity index (χ4n) is 6.64. The smallest absolute Gasteiger partial charge is 0.469 e. The summed E-state index contributed by atoms with van der Waals surface area (Å²) in [5, 5.41) is 0. The lowest BCUT2D eigenvalue weighted by atomic mass is 9.46. The van der Waals surface area contributed by atoms with Gasteiger partial charge in [0.2, 0.25) is 0 Å². The second kappa shape index (κ2) is 8.78. The quantitative estimate of drug-likeness (QED) is 0.307. The van der Waals surface area contributed by atoms with Gasteiger partial charge in [-0.3, -0.25) is 9.59 Å². The van der Waals surface area contributed by atoms with Crippen molar-refractivity contribution in [3.63, 3.8) is 0 Å². The molecule has 3 rings (SSSR count). The number of ether oxygens (including phenoxy) is 2. The number of methoxy groups -OCH3 is 2. The molecule has 11 heteroatoms. The van der Waals surface area contributed by atoms with Crippen molar-refractivity contribution in [2.45, 2.75) is 64.3 Å². The van der Waals surface area contributed by atoms with E-state index in [0.717, 1.165) is 6.42 Å². The number of esters is 2. The number of halogens is 3. The van der Waals surface area contributed by atoms with Crippen molar-refractivity contribution in [3.8, 4) is 0 Å². The normalized spacial score (nSPS) is 36.3. The lowest BCUT2D eigenvalue weighted by molar-refractivity contribution is -0.157. The molecule has 0 saturated heterocycles. The van der Waals surface area contributed by atoms with Crippen LogP contribution < -0.4 is 0 Å². The van der Waals surface area contributed by atoms with Crippen molar-refractivity contribution >= 4 is 22.1 Å².